The third-order valence-electron chi connectivity index (χ3n) is 4.76. The summed E-state index contributed by atoms with van der Waals surface area (Å²) in [6.45, 7) is 7.12. The quantitative estimate of drug-likeness (QED) is 0.495. The van der Waals surface area contributed by atoms with Gasteiger partial charge in [0, 0.05) is 41.1 Å². The van der Waals surface area contributed by atoms with Crippen LogP contribution >= 0.6 is 22.6 Å². The normalized spacial score (nSPS) is 14.6. The van der Waals surface area contributed by atoms with E-state index in [0.29, 0.717) is 11.3 Å². The minimum absolute atomic E-state index is 0.315. The van der Waals surface area contributed by atoms with Gasteiger partial charge in [-0.2, -0.15) is 0 Å². The van der Waals surface area contributed by atoms with Crippen LogP contribution < -0.4 is 10.2 Å². The second-order valence-corrected chi connectivity index (χ2v) is 7.73. The number of esters is 1. The fourth-order valence-corrected chi connectivity index (χ4v) is 3.72. The van der Waals surface area contributed by atoms with Gasteiger partial charge >= 0.3 is 5.97 Å². The second kappa shape index (κ2) is 9.88. The number of hydrogen-bond acceptors (Lipinski definition) is 5. The summed E-state index contributed by atoms with van der Waals surface area (Å²) < 4.78 is 5.91. The van der Waals surface area contributed by atoms with Gasteiger partial charge in [0.05, 0.1) is 5.56 Å². The van der Waals surface area contributed by atoms with Crippen molar-refractivity contribution in [3.8, 4) is 0 Å². The summed E-state index contributed by atoms with van der Waals surface area (Å²) in [4.78, 5) is 28.9. The molecule has 0 aromatic heterocycles. The summed E-state index contributed by atoms with van der Waals surface area (Å²) in [6, 6.07) is 14.9. The molecule has 0 radical (unpaired) electrons. The topological polar surface area (TPSA) is 61.9 Å². The van der Waals surface area contributed by atoms with E-state index in [0.717, 1.165) is 42.0 Å². The van der Waals surface area contributed by atoms with E-state index in [1.807, 2.05) is 36.4 Å². The highest BCUT2D eigenvalue weighted by Gasteiger charge is 2.16. The van der Waals surface area contributed by atoms with Gasteiger partial charge in [-0.15, -0.1) is 0 Å². The van der Waals surface area contributed by atoms with Crippen molar-refractivity contribution in [2.45, 2.75) is 6.92 Å². The Morgan fingerprint density at radius 2 is 1.71 bits per heavy atom. The highest BCUT2D eigenvalue weighted by Crippen LogP contribution is 2.19. The van der Waals surface area contributed by atoms with Gasteiger partial charge in [0.15, 0.2) is 6.61 Å². The highest BCUT2D eigenvalue weighted by atomic mass is 127. The van der Waals surface area contributed by atoms with Crippen molar-refractivity contribution in [2.24, 2.45) is 0 Å². The van der Waals surface area contributed by atoms with Crippen LogP contribution in [0.15, 0.2) is 48.5 Å². The lowest BCUT2D eigenvalue weighted by Crippen LogP contribution is -2.46. The standard InChI is InChI=1S/C21H24IN3O3/c1-2-24-11-13-25(14-12-24)17-9-7-16(8-10-17)23-20(26)15-28-21(27)18-5-3-4-6-19(18)22/h3-10H,2,11-15H2,1H3,(H,23,26). The number of nitrogens with one attached hydrogen (secondary N) is 1. The van der Waals surface area contributed by atoms with Crippen LogP contribution in [0.1, 0.15) is 17.3 Å². The summed E-state index contributed by atoms with van der Waals surface area (Å²) in [7, 11) is 0. The lowest BCUT2D eigenvalue weighted by Gasteiger charge is -2.35. The predicted molar refractivity (Wildman–Crippen MR) is 119 cm³/mol. The van der Waals surface area contributed by atoms with Crippen molar-refractivity contribution in [3.05, 3.63) is 57.7 Å². The average Bonchev–Trinajstić information content (AvgIpc) is 2.73. The molecule has 0 spiro atoms. The van der Waals surface area contributed by atoms with Gasteiger partial charge in [0.1, 0.15) is 0 Å². The van der Waals surface area contributed by atoms with Crippen LogP contribution in [-0.4, -0.2) is 56.1 Å². The number of carbonyl (C=O) groups is 2. The smallest absolute Gasteiger partial charge is 0.339 e. The third kappa shape index (κ3) is 5.45. The molecule has 0 aliphatic carbocycles. The maximum absolute atomic E-state index is 12.1. The molecule has 1 heterocycles. The lowest BCUT2D eigenvalue weighted by molar-refractivity contribution is -0.119. The number of piperazine rings is 1. The SMILES string of the molecule is CCN1CCN(c2ccc(NC(=O)COC(=O)c3ccccc3I)cc2)CC1. The monoisotopic (exact) mass is 493 g/mol. The van der Waals surface area contributed by atoms with Crippen LogP contribution in [0.2, 0.25) is 0 Å². The van der Waals surface area contributed by atoms with E-state index in [-0.39, 0.29) is 12.5 Å². The summed E-state index contributed by atoms with van der Waals surface area (Å²) in [5, 5.41) is 2.76. The summed E-state index contributed by atoms with van der Waals surface area (Å²) in [5.74, 6) is -0.856. The first-order valence-electron chi connectivity index (χ1n) is 9.35. The summed E-state index contributed by atoms with van der Waals surface area (Å²) in [6.07, 6.45) is 0. The molecule has 148 valence electrons. The van der Waals surface area contributed by atoms with Crippen LogP contribution in [0, 0.1) is 3.57 Å². The van der Waals surface area contributed by atoms with E-state index in [1.54, 1.807) is 12.1 Å². The number of amides is 1. The number of rotatable bonds is 6. The van der Waals surface area contributed by atoms with Crippen LogP contribution in [0.3, 0.4) is 0 Å². The zero-order valence-corrected chi connectivity index (χ0v) is 18.0. The van der Waals surface area contributed by atoms with E-state index in [1.165, 1.54) is 0 Å². The van der Waals surface area contributed by atoms with Crippen molar-refractivity contribution >= 4 is 45.8 Å². The summed E-state index contributed by atoms with van der Waals surface area (Å²) in [5.41, 5.74) is 2.30. The molecule has 28 heavy (non-hydrogen) atoms. The van der Waals surface area contributed by atoms with Crippen LogP contribution in [0.25, 0.3) is 0 Å². The molecule has 6 nitrogen and oxygen atoms in total. The Morgan fingerprint density at radius 3 is 2.36 bits per heavy atom. The van der Waals surface area contributed by atoms with E-state index in [9.17, 15) is 9.59 Å². The maximum Gasteiger partial charge on any atom is 0.339 e. The zero-order valence-electron chi connectivity index (χ0n) is 15.9. The number of carbonyl (C=O) groups excluding carboxylic acids is 2. The van der Waals surface area contributed by atoms with Gasteiger partial charge in [0.2, 0.25) is 0 Å². The number of nitrogens with zero attached hydrogens (tertiary/aromatic N) is 2. The Kier molecular flexibility index (Phi) is 7.27. The van der Waals surface area contributed by atoms with Crippen molar-refractivity contribution < 1.29 is 14.3 Å². The largest absolute Gasteiger partial charge is 0.452 e. The van der Waals surface area contributed by atoms with Crippen molar-refractivity contribution in [1.29, 1.82) is 0 Å². The van der Waals surface area contributed by atoms with E-state index >= 15 is 0 Å². The Hall–Kier alpha value is -2.13. The maximum atomic E-state index is 12.1. The Bertz CT molecular complexity index is 818. The number of likely N-dealkylation sites (N-methyl/N-ethyl adjacent to an activating group) is 1. The number of ether oxygens (including phenoxy) is 1. The molecular formula is C21H24IN3O3. The van der Waals surface area contributed by atoms with E-state index in [2.05, 4.69) is 44.6 Å². The minimum Gasteiger partial charge on any atom is -0.452 e. The molecule has 1 saturated heterocycles. The predicted octanol–water partition coefficient (Wildman–Crippen LogP) is 3.23. The van der Waals surface area contributed by atoms with Gasteiger partial charge in [-0.3, -0.25) is 4.79 Å². The average molecular weight is 493 g/mol. The molecule has 3 rings (SSSR count). The molecule has 1 aliphatic heterocycles. The van der Waals surface area contributed by atoms with Crippen LogP contribution in [0.5, 0.6) is 0 Å². The Labute approximate surface area is 179 Å². The molecule has 0 saturated carbocycles. The lowest BCUT2D eigenvalue weighted by atomic mass is 10.2. The van der Waals surface area contributed by atoms with Crippen molar-refractivity contribution in [2.75, 3.05) is 49.5 Å². The number of benzene rings is 2. The highest BCUT2D eigenvalue weighted by molar-refractivity contribution is 14.1. The molecule has 1 amide bonds. The molecular weight excluding hydrogens is 469 g/mol. The Morgan fingerprint density at radius 1 is 1.04 bits per heavy atom. The van der Waals surface area contributed by atoms with E-state index < -0.39 is 5.97 Å². The molecule has 0 bridgehead atoms. The Balaban J connectivity index is 1.48. The molecule has 0 unspecified atom stereocenters. The van der Waals surface area contributed by atoms with Gasteiger partial charge in [-0.25, -0.2) is 4.79 Å². The first-order chi connectivity index (χ1) is 13.6. The molecule has 0 atom stereocenters. The van der Waals surface area contributed by atoms with Crippen LogP contribution in [-0.2, 0) is 9.53 Å². The molecule has 7 heteroatoms. The fraction of sp³-hybridized carbons (Fsp3) is 0.333. The van der Waals surface area contributed by atoms with Gasteiger partial charge in [0.25, 0.3) is 5.91 Å². The molecule has 2 aromatic carbocycles. The van der Waals surface area contributed by atoms with Gasteiger partial charge in [-0.05, 0) is 65.5 Å². The number of anilines is 2. The number of hydrogen-bond donors (Lipinski definition) is 1. The minimum atomic E-state index is -0.498. The molecule has 2 aromatic rings. The van der Waals surface area contributed by atoms with E-state index in [4.69, 9.17) is 4.74 Å². The van der Waals surface area contributed by atoms with Crippen molar-refractivity contribution in [1.82, 2.24) is 4.90 Å². The first-order valence-corrected chi connectivity index (χ1v) is 10.4. The van der Waals surface area contributed by atoms with Crippen molar-refractivity contribution in [3.63, 3.8) is 0 Å². The second-order valence-electron chi connectivity index (χ2n) is 6.57. The summed E-state index contributed by atoms with van der Waals surface area (Å²) >= 11 is 2.07. The number of halogens is 1. The molecule has 1 fully saturated rings. The third-order valence-corrected chi connectivity index (χ3v) is 5.70. The first kappa shape index (κ1) is 20.6. The van der Waals surface area contributed by atoms with Crippen LogP contribution in [0.4, 0.5) is 11.4 Å². The van der Waals surface area contributed by atoms with Gasteiger partial charge in [-0.1, -0.05) is 19.1 Å². The molecule has 1 aliphatic rings. The molecule has 1 N–H and O–H groups in total. The fourth-order valence-electron chi connectivity index (χ4n) is 3.11. The van der Waals surface area contributed by atoms with Gasteiger partial charge < -0.3 is 19.9 Å². The zero-order chi connectivity index (χ0) is 19.9.